The van der Waals surface area contributed by atoms with Crippen LogP contribution in [-0.4, -0.2) is 28.1 Å². The molecule has 104 valence electrons. The summed E-state index contributed by atoms with van der Waals surface area (Å²) in [6.45, 7) is 3.40. The van der Waals surface area contributed by atoms with E-state index in [0.717, 1.165) is 23.3 Å². The van der Waals surface area contributed by atoms with E-state index in [0.29, 0.717) is 30.8 Å². The summed E-state index contributed by atoms with van der Waals surface area (Å²) >= 11 is 0. The number of aliphatic imine (C=N–C) groups is 1. The molecule has 0 unspecified atom stereocenters. The Balaban J connectivity index is 2.20. The highest BCUT2D eigenvalue weighted by atomic mass is 16.5. The molecule has 0 spiro atoms. The van der Waals surface area contributed by atoms with Crippen LogP contribution in [0, 0.1) is 0 Å². The average molecular weight is 265 g/mol. The van der Waals surface area contributed by atoms with Gasteiger partial charge in [-0.05, 0) is 6.42 Å². The predicted molar refractivity (Wildman–Crippen MR) is 73.5 cm³/mol. The maximum absolute atomic E-state index is 12.0. The van der Waals surface area contributed by atoms with Crippen LogP contribution in [0.15, 0.2) is 14.6 Å². The first-order valence-corrected chi connectivity index (χ1v) is 6.49. The van der Waals surface area contributed by atoms with Gasteiger partial charge in [-0.25, -0.2) is 9.79 Å². The van der Waals surface area contributed by atoms with Crippen molar-refractivity contribution in [1.82, 2.24) is 9.13 Å². The average Bonchev–Trinajstić information content (AvgIpc) is 2.83. The number of fused-ring (bicyclic) bond motifs is 1. The molecule has 0 radical (unpaired) electrons. The zero-order valence-electron chi connectivity index (χ0n) is 11.6. The minimum atomic E-state index is -0.337. The Hall–Kier alpha value is -1.69. The Morgan fingerprint density at radius 1 is 1.21 bits per heavy atom. The molecule has 1 aliphatic rings. The van der Waals surface area contributed by atoms with Crippen molar-refractivity contribution in [2.75, 3.05) is 13.2 Å². The molecule has 0 bridgehead atoms. The van der Waals surface area contributed by atoms with Crippen molar-refractivity contribution in [3.8, 4) is 0 Å². The van der Waals surface area contributed by atoms with Crippen molar-refractivity contribution in [1.29, 1.82) is 0 Å². The summed E-state index contributed by atoms with van der Waals surface area (Å²) in [6.07, 6.45) is 2.21. The Bertz CT molecular complexity index is 625. The van der Waals surface area contributed by atoms with Gasteiger partial charge >= 0.3 is 5.69 Å². The highest BCUT2D eigenvalue weighted by Gasteiger charge is 2.22. The van der Waals surface area contributed by atoms with Crippen LogP contribution in [0.3, 0.4) is 0 Å². The lowest BCUT2D eigenvalue weighted by Crippen LogP contribution is -2.38. The molecule has 1 aromatic rings. The summed E-state index contributed by atoms with van der Waals surface area (Å²) < 4.78 is 7.98. The fourth-order valence-corrected chi connectivity index (χ4v) is 2.17. The molecule has 2 heterocycles. The first kappa shape index (κ1) is 13.7. The van der Waals surface area contributed by atoms with E-state index in [2.05, 4.69) is 11.9 Å². The standard InChI is InChI=1S/C13H19N3O3/c1-4-6-19-7-5-9-8-10-11(14-9)15(2)13(18)16(3)12(10)17/h4-8H2,1-3H3. The van der Waals surface area contributed by atoms with Crippen LogP contribution in [0.25, 0.3) is 0 Å². The molecule has 1 aromatic heterocycles. The first-order chi connectivity index (χ1) is 9.06. The Kier molecular flexibility index (Phi) is 3.99. The molecule has 0 atom stereocenters. The van der Waals surface area contributed by atoms with Gasteiger partial charge in [-0.15, -0.1) is 0 Å². The largest absolute Gasteiger partial charge is 0.381 e. The summed E-state index contributed by atoms with van der Waals surface area (Å²) in [4.78, 5) is 28.2. The van der Waals surface area contributed by atoms with Crippen LogP contribution in [0.4, 0.5) is 5.82 Å². The van der Waals surface area contributed by atoms with Crippen LogP contribution in [0.5, 0.6) is 0 Å². The van der Waals surface area contributed by atoms with Crippen molar-refractivity contribution in [2.45, 2.75) is 26.2 Å². The molecule has 0 aromatic carbocycles. The van der Waals surface area contributed by atoms with Gasteiger partial charge in [-0.3, -0.25) is 13.9 Å². The zero-order chi connectivity index (χ0) is 14.0. The van der Waals surface area contributed by atoms with Gasteiger partial charge in [0.15, 0.2) is 0 Å². The normalized spacial score (nSPS) is 13.5. The highest BCUT2D eigenvalue weighted by Crippen LogP contribution is 2.22. The van der Waals surface area contributed by atoms with Gasteiger partial charge < -0.3 is 4.74 Å². The second kappa shape index (κ2) is 5.52. The van der Waals surface area contributed by atoms with Gasteiger partial charge in [0, 0.05) is 39.3 Å². The molecule has 2 rings (SSSR count). The lowest BCUT2D eigenvalue weighted by Gasteiger charge is -2.05. The van der Waals surface area contributed by atoms with Gasteiger partial charge in [0.1, 0.15) is 5.82 Å². The van der Waals surface area contributed by atoms with Crippen LogP contribution in [0.2, 0.25) is 0 Å². The SMILES string of the molecule is CCCOCCC1=Nc2c(c(=O)n(C)c(=O)n2C)C1. The van der Waals surface area contributed by atoms with Crippen molar-refractivity contribution >= 4 is 11.5 Å². The lowest BCUT2D eigenvalue weighted by molar-refractivity contribution is 0.141. The van der Waals surface area contributed by atoms with E-state index in [1.54, 1.807) is 7.05 Å². The topological polar surface area (TPSA) is 65.6 Å². The molecule has 1 aliphatic heterocycles. The lowest BCUT2D eigenvalue weighted by atomic mass is 10.1. The minimum Gasteiger partial charge on any atom is -0.381 e. The molecule has 0 amide bonds. The minimum absolute atomic E-state index is 0.244. The molecule has 0 saturated heterocycles. The molecule has 6 nitrogen and oxygen atoms in total. The summed E-state index contributed by atoms with van der Waals surface area (Å²) in [5.74, 6) is 0.499. The third-order valence-corrected chi connectivity index (χ3v) is 3.25. The van der Waals surface area contributed by atoms with Gasteiger partial charge in [0.2, 0.25) is 0 Å². The van der Waals surface area contributed by atoms with Gasteiger partial charge in [0.05, 0.1) is 12.2 Å². The summed E-state index contributed by atoms with van der Waals surface area (Å²) in [5, 5.41) is 0. The fourth-order valence-electron chi connectivity index (χ4n) is 2.17. The summed E-state index contributed by atoms with van der Waals surface area (Å²) in [7, 11) is 3.13. The number of hydrogen-bond donors (Lipinski definition) is 0. The predicted octanol–water partition coefficient (Wildman–Crippen LogP) is 0.529. The second-order valence-electron chi connectivity index (χ2n) is 4.73. The van der Waals surface area contributed by atoms with Crippen LogP contribution < -0.4 is 11.2 Å². The number of aromatic nitrogens is 2. The number of rotatable bonds is 5. The van der Waals surface area contributed by atoms with Crippen LogP contribution in [0.1, 0.15) is 25.3 Å². The van der Waals surface area contributed by atoms with Crippen molar-refractivity contribution in [3.63, 3.8) is 0 Å². The van der Waals surface area contributed by atoms with E-state index in [9.17, 15) is 9.59 Å². The molecule has 19 heavy (non-hydrogen) atoms. The smallest absolute Gasteiger partial charge is 0.332 e. The van der Waals surface area contributed by atoms with E-state index >= 15 is 0 Å². The zero-order valence-corrected chi connectivity index (χ0v) is 11.6. The summed E-state index contributed by atoms with van der Waals surface area (Å²) in [6, 6.07) is 0. The van der Waals surface area contributed by atoms with Gasteiger partial charge in [-0.2, -0.15) is 0 Å². The number of hydrogen-bond acceptors (Lipinski definition) is 4. The third-order valence-electron chi connectivity index (χ3n) is 3.25. The highest BCUT2D eigenvalue weighted by molar-refractivity contribution is 5.93. The fraction of sp³-hybridized carbons (Fsp3) is 0.615. The van der Waals surface area contributed by atoms with Gasteiger partial charge in [-0.1, -0.05) is 6.92 Å². The maximum atomic E-state index is 12.0. The van der Waals surface area contributed by atoms with Crippen molar-refractivity contribution < 1.29 is 4.74 Å². The van der Waals surface area contributed by atoms with Crippen LogP contribution >= 0.6 is 0 Å². The van der Waals surface area contributed by atoms with E-state index in [1.807, 2.05) is 0 Å². The third kappa shape index (κ3) is 2.53. The van der Waals surface area contributed by atoms with Crippen molar-refractivity contribution in [3.05, 3.63) is 26.4 Å². The molecule has 0 N–H and O–H groups in total. The molecule has 0 fully saturated rings. The van der Waals surface area contributed by atoms with Crippen LogP contribution in [-0.2, 0) is 25.3 Å². The number of nitrogens with zero attached hydrogens (tertiary/aromatic N) is 3. The molecule has 0 aliphatic carbocycles. The monoisotopic (exact) mass is 265 g/mol. The number of ether oxygens (including phenoxy) is 1. The molecule has 6 heteroatoms. The maximum Gasteiger partial charge on any atom is 0.332 e. The summed E-state index contributed by atoms with van der Waals surface area (Å²) in [5.41, 5.74) is 0.932. The Morgan fingerprint density at radius 2 is 1.95 bits per heavy atom. The van der Waals surface area contributed by atoms with E-state index in [-0.39, 0.29) is 11.2 Å². The second-order valence-corrected chi connectivity index (χ2v) is 4.73. The van der Waals surface area contributed by atoms with Crippen molar-refractivity contribution in [2.24, 2.45) is 19.1 Å². The molecular formula is C13H19N3O3. The van der Waals surface area contributed by atoms with E-state index < -0.39 is 0 Å². The quantitative estimate of drug-likeness (QED) is 0.729. The first-order valence-electron chi connectivity index (χ1n) is 6.49. The molecule has 0 saturated carbocycles. The van der Waals surface area contributed by atoms with E-state index in [1.165, 1.54) is 11.6 Å². The Labute approximate surface area is 111 Å². The van der Waals surface area contributed by atoms with E-state index in [4.69, 9.17) is 4.74 Å². The Morgan fingerprint density at radius 3 is 2.63 bits per heavy atom. The molecular weight excluding hydrogens is 246 g/mol. The van der Waals surface area contributed by atoms with Gasteiger partial charge in [0.25, 0.3) is 5.56 Å².